The highest BCUT2D eigenvalue weighted by Crippen LogP contribution is 2.29. The fraction of sp³-hybridized carbons (Fsp3) is 0. The maximum absolute atomic E-state index is 3.54. The second-order valence-corrected chi connectivity index (χ2v) is 6.88. The third-order valence-electron chi connectivity index (χ3n) is 5.02. The summed E-state index contributed by atoms with van der Waals surface area (Å²) in [5.74, 6) is 0. The molecule has 0 heterocycles. The molecular formula is C26H20N2. The molecule has 2 N–H and O–H groups in total. The highest BCUT2D eigenvalue weighted by Gasteiger charge is 2.03. The van der Waals surface area contributed by atoms with E-state index < -0.39 is 0 Å². The van der Waals surface area contributed by atoms with Gasteiger partial charge < -0.3 is 10.6 Å². The van der Waals surface area contributed by atoms with Crippen molar-refractivity contribution in [3.8, 4) is 0 Å². The van der Waals surface area contributed by atoms with Crippen LogP contribution in [0.5, 0.6) is 0 Å². The van der Waals surface area contributed by atoms with Crippen LogP contribution in [-0.4, -0.2) is 0 Å². The molecule has 2 heteroatoms. The van der Waals surface area contributed by atoms with Gasteiger partial charge in [0.15, 0.2) is 0 Å². The monoisotopic (exact) mass is 360 g/mol. The molecule has 0 spiro atoms. The number of hydrogen-bond acceptors (Lipinski definition) is 2. The fourth-order valence-electron chi connectivity index (χ4n) is 3.62. The molecule has 28 heavy (non-hydrogen) atoms. The van der Waals surface area contributed by atoms with Crippen molar-refractivity contribution in [2.75, 3.05) is 10.6 Å². The lowest BCUT2D eigenvalue weighted by Gasteiger charge is -2.12. The average molecular weight is 360 g/mol. The number of rotatable bonds is 4. The molecular weight excluding hydrogens is 340 g/mol. The van der Waals surface area contributed by atoms with Crippen molar-refractivity contribution in [1.82, 2.24) is 0 Å². The van der Waals surface area contributed by atoms with Crippen LogP contribution in [0.4, 0.5) is 22.7 Å². The molecule has 0 aliphatic heterocycles. The lowest BCUT2D eigenvalue weighted by atomic mass is 10.1. The van der Waals surface area contributed by atoms with Crippen LogP contribution in [0.15, 0.2) is 109 Å². The van der Waals surface area contributed by atoms with E-state index in [2.05, 4.69) is 120 Å². The number of fused-ring (bicyclic) bond motifs is 2. The first-order valence-corrected chi connectivity index (χ1v) is 9.46. The van der Waals surface area contributed by atoms with Crippen molar-refractivity contribution >= 4 is 44.3 Å². The first-order valence-electron chi connectivity index (χ1n) is 9.46. The molecule has 0 radical (unpaired) electrons. The van der Waals surface area contributed by atoms with Crippen molar-refractivity contribution in [2.24, 2.45) is 0 Å². The van der Waals surface area contributed by atoms with E-state index in [1.807, 2.05) is 0 Å². The highest BCUT2D eigenvalue weighted by molar-refractivity contribution is 5.96. The molecule has 0 bridgehead atoms. The summed E-state index contributed by atoms with van der Waals surface area (Å²) in [6.45, 7) is 0. The molecule has 0 aromatic heterocycles. The number of nitrogens with one attached hydrogen (secondary N) is 2. The third kappa shape index (κ3) is 3.17. The summed E-state index contributed by atoms with van der Waals surface area (Å²) in [6.07, 6.45) is 0. The Morgan fingerprint density at radius 1 is 0.357 bits per heavy atom. The van der Waals surface area contributed by atoms with Gasteiger partial charge in [0, 0.05) is 33.5 Å². The van der Waals surface area contributed by atoms with E-state index in [0.717, 1.165) is 22.7 Å². The second kappa shape index (κ2) is 7.09. The lowest BCUT2D eigenvalue weighted by molar-refractivity contribution is 1.54. The van der Waals surface area contributed by atoms with Crippen LogP contribution in [0.25, 0.3) is 21.5 Å². The maximum atomic E-state index is 3.54. The zero-order valence-electron chi connectivity index (χ0n) is 15.4. The van der Waals surface area contributed by atoms with Gasteiger partial charge in [-0.1, -0.05) is 72.8 Å². The van der Waals surface area contributed by atoms with E-state index in [0.29, 0.717) is 0 Å². The predicted octanol–water partition coefficient (Wildman–Crippen LogP) is 7.48. The zero-order chi connectivity index (χ0) is 18.8. The molecule has 0 atom stereocenters. The van der Waals surface area contributed by atoms with Crippen LogP contribution < -0.4 is 10.6 Å². The molecule has 2 nitrogen and oxygen atoms in total. The Morgan fingerprint density at radius 3 is 1.21 bits per heavy atom. The summed E-state index contributed by atoms with van der Waals surface area (Å²) in [4.78, 5) is 0. The van der Waals surface area contributed by atoms with E-state index >= 15 is 0 Å². The molecule has 0 amide bonds. The molecule has 0 fully saturated rings. The summed E-state index contributed by atoms with van der Waals surface area (Å²) in [7, 11) is 0. The van der Waals surface area contributed by atoms with Gasteiger partial charge in [0.05, 0.1) is 0 Å². The van der Waals surface area contributed by atoms with Crippen LogP contribution in [0.3, 0.4) is 0 Å². The Labute approximate surface area is 164 Å². The van der Waals surface area contributed by atoms with Crippen LogP contribution in [0.1, 0.15) is 0 Å². The van der Waals surface area contributed by atoms with E-state index in [1.165, 1.54) is 21.5 Å². The Morgan fingerprint density at radius 2 is 0.750 bits per heavy atom. The minimum Gasteiger partial charge on any atom is -0.355 e. The van der Waals surface area contributed by atoms with E-state index in [4.69, 9.17) is 0 Å². The van der Waals surface area contributed by atoms with Gasteiger partial charge in [-0.05, 0) is 47.2 Å². The first-order chi connectivity index (χ1) is 13.9. The standard InChI is InChI=1S/C26H20N2/c1-3-11-23-19(7-1)9-5-13-25(23)27-21-15-17-22(18-16-21)28-26-14-6-10-20-8-2-4-12-24(20)26/h1-18,27-28H. The number of anilines is 4. The summed E-state index contributed by atoms with van der Waals surface area (Å²) >= 11 is 0. The molecule has 5 aromatic rings. The Kier molecular flexibility index (Phi) is 4.15. The largest absolute Gasteiger partial charge is 0.355 e. The minimum atomic E-state index is 1.07. The van der Waals surface area contributed by atoms with E-state index in [1.54, 1.807) is 0 Å². The van der Waals surface area contributed by atoms with Crippen molar-refractivity contribution < 1.29 is 0 Å². The van der Waals surface area contributed by atoms with Crippen LogP contribution in [-0.2, 0) is 0 Å². The molecule has 0 aliphatic carbocycles. The summed E-state index contributed by atoms with van der Waals surface area (Å²) < 4.78 is 0. The molecule has 5 rings (SSSR count). The smallest absolute Gasteiger partial charge is 0.0463 e. The van der Waals surface area contributed by atoms with Gasteiger partial charge in [0.25, 0.3) is 0 Å². The highest BCUT2D eigenvalue weighted by atomic mass is 14.9. The third-order valence-corrected chi connectivity index (χ3v) is 5.02. The first kappa shape index (κ1) is 16.4. The predicted molar refractivity (Wildman–Crippen MR) is 121 cm³/mol. The van der Waals surface area contributed by atoms with E-state index in [9.17, 15) is 0 Å². The Bertz CT molecular complexity index is 1150. The van der Waals surface area contributed by atoms with Crippen LogP contribution >= 0.6 is 0 Å². The number of benzene rings is 5. The van der Waals surface area contributed by atoms with Gasteiger partial charge >= 0.3 is 0 Å². The molecule has 0 unspecified atom stereocenters. The van der Waals surface area contributed by atoms with Crippen LogP contribution in [0.2, 0.25) is 0 Å². The fourth-order valence-corrected chi connectivity index (χ4v) is 3.62. The zero-order valence-corrected chi connectivity index (χ0v) is 15.4. The van der Waals surface area contributed by atoms with Crippen molar-refractivity contribution in [1.29, 1.82) is 0 Å². The lowest BCUT2D eigenvalue weighted by Crippen LogP contribution is -1.94. The van der Waals surface area contributed by atoms with Gasteiger partial charge in [0.1, 0.15) is 0 Å². The van der Waals surface area contributed by atoms with Crippen molar-refractivity contribution in [2.45, 2.75) is 0 Å². The van der Waals surface area contributed by atoms with Gasteiger partial charge in [-0.15, -0.1) is 0 Å². The molecule has 0 saturated carbocycles. The summed E-state index contributed by atoms with van der Waals surface area (Å²) in [6, 6.07) is 38.0. The van der Waals surface area contributed by atoms with Gasteiger partial charge in [0.2, 0.25) is 0 Å². The van der Waals surface area contributed by atoms with Crippen molar-refractivity contribution in [3.05, 3.63) is 109 Å². The topological polar surface area (TPSA) is 24.1 Å². The minimum absolute atomic E-state index is 1.07. The molecule has 134 valence electrons. The van der Waals surface area contributed by atoms with E-state index in [-0.39, 0.29) is 0 Å². The quantitative estimate of drug-likeness (QED) is 0.347. The maximum Gasteiger partial charge on any atom is 0.0463 e. The van der Waals surface area contributed by atoms with Gasteiger partial charge in [-0.25, -0.2) is 0 Å². The summed E-state index contributed by atoms with van der Waals surface area (Å²) in [5, 5.41) is 12.0. The number of hydrogen-bond donors (Lipinski definition) is 2. The Balaban J connectivity index is 1.40. The Hall–Kier alpha value is -3.78. The summed E-state index contributed by atoms with van der Waals surface area (Å²) in [5.41, 5.74) is 4.38. The van der Waals surface area contributed by atoms with Crippen molar-refractivity contribution in [3.63, 3.8) is 0 Å². The van der Waals surface area contributed by atoms with Gasteiger partial charge in [-0.2, -0.15) is 0 Å². The van der Waals surface area contributed by atoms with Crippen LogP contribution in [0, 0.1) is 0 Å². The molecule has 0 aliphatic rings. The second-order valence-electron chi connectivity index (χ2n) is 6.88. The molecule has 0 saturated heterocycles. The molecule has 5 aromatic carbocycles. The van der Waals surface area contributed by atoms with Gasteiger partial charge in [-0.3, -0.25) is 0 Å². The SMILES string of the molecule is c1ccc2c(Nc3ccc(Nc4cccc5ccccc45)cc3)cccc2c1. The average Bonchev–Trinajstić information content (AvgIpc) is 2.76. The normalized spacial score (nSPS) is 10.9.